The molecular weight excluding hydrogens is 222 g/mol. The van der Waals surface area contributed by atoms with Crippen LogP contribution < -0.4 is 17.0 Å². The van der Waals surface area contributed by atoms with Gasteiger partial charge in [0.1, 0.15) is 19.6 Å². The van der Waals surface area contributed by atoms with Crippen molar-refractivity contribution >= 4 is 0 Å². The van der Waals surface area contributed by atoms with Crippen LogP contribution in [0.1, 0.15) is 0 Å². The number of ether oxygens (including phenoxy) is 2. The monoisotopic (exact) mass is 239 g/mol. The molecule has 0 spiro atoms. The van der Waals surface area contributed by atoms with Gasteiger partial charge in [-0.3, -0.25) is 0 Å². The average Bonchev–Trinajstić information content (AvgIpc) is 2.03. The van der Waals surface area contributed by atoms with Gasteiger partial charge in [-0.1, -0.05) is 0 Å². The summed E-state index contributed by atoms with van der Waals surface area (Å²) < 4.78 is 11.4. The molecule has 0 radical (unpaired) electrons. The number of quaternary nitrogens is 1. The van der Waals surface area contributed by atoms with Crippen molar-refractivity contribution in [2.45, 2.75) is 0 Å². The maximum absolute atomic E-state index is 5.29. The van der Waals surface area contributed by atoms with Gasteiger partial charge in [0.25, 0.3) is 0 Å². The molecule has 3 nitrogen and oxygen atoms in total. The Kier molecular flexibility index (Phi) is 6.09. The molecule has 4 heteroatoms. The second kappa shape index (κ2) is 5.91. The van der Waals surface area contributed by atoms with Gasteiger partial charge < -0.3 is 30.9 Å². The van der Waals surface area contributed by atoms with Gasteiger partial charge in [0.05, 0.1) is 26.9 Å². The van der Waals surface area contributed by atoms with Crippen molar-refractivity contribution in [1.82, 2.24) is 0 Å². The minimum Gasteiger partial charge on any atom is -1.00 e. The Morgan fingerprint density at radius 1 is 1.33 bits per heavy atom. The van der Waals surface area contributed by atoms with E-state index < -0.39 is 0 Å². The van der Waals surface area contributed by atoms with Gasteiger partial charge in [-0.2, -0.15) is 0 Å². The van der Waals surface area contributed by atoms with Crippen molar-refractivity contribution in [3.8, 4) is 0 Å². The van der Waals surface area contributed by atoms with Gasteiger partial charge in [-0.05, 0) is 0 Å². The molecule has 1 heterocycles. The van der Waals surface area contributed by atoms with E-state index in [0.29, 0.717) is 0 Å². The first kappa shape index (κ1) is 12.4. The number of morpholine rings is 1. The first-order chi connectivity index (χ1) is 5.27. The molecule has 74 valence electrons. The zero-order valence-corrected chi connectivity index (χ0v) is 9.47. The molecule has 1 aliphatic heterocycles. The maximum atomic E-state index is 5.29. The van der Waals surface area contributed by atoms with Gasteiger partial charge in [-0.15, -0.1) is 0 Å². The zero-order chi connectivity index (χ0) is 8.16. The minimum absolute atomic E-state index is 0. The standard InChI is InChI=1S/C8H18NO2.BrH/c1-9(3-6-10-2)4-7-11-8-5-9;/h3-8H2,1-2H3;1H/q+1;/p-1. The fourth-order valence-electron chi connectivity index (χ4n) is 1.32. The molecule has 0 unspecified atom stereocenters. The molecule has 0 aromatic heterocycles. The van der Waals surface area contributed by atoms with Crippen LogP contribution in [0.4, 0.5) is 0 Å². The third kappa shape index (κ3) is 3.85. The summed E-state index contributed by atoms with van der Waals surface area (Å²) in [4.78, 5) is 0. The quantitative estimate of drug-likeness (QED) is 0.493. The summed E-state index contributed by atoms with van der Waals surface area (Å²) in [6.45, 7) is 6.03. The lowest BCUT2D eigenvalue weighted by Crippen LogP contribution is -3.00. The lowest BCUT2D eigenvalue weighted by atomic mass is 10.3. The van der Waals surface area contributed by atoms with E-state index in [9.17, 15) is 0 Å². The molecule has 0 aromatic carbocycles. The zero-order valence-electron chi connectivity index (χ0n) is 7.88. The fourth-order valence-corrected chi connectivity index (χ4v) is 1.32. The molecule has 0 saturated carbocycles. The smallest absolute Gasteiger partial charge is 0.102 e. The first-order valence-electron chi connectivity index (χ1n) is 4.17. The Balaban J connectivity index is 0.00000121. The predicted molar refractivity (Wildman–Crippen MR) is 43.5 cm³/mol. The third-order valence-electron chi connectivity index (χ3n) is 2.39. The van der Waals surface area contributed by atoms with Crippen LogP contribution in [0.25, 0.3) is 0 Å². The molecule has 0 aromatic rings. The molecule has 0 aliphatic carbocycles. The summed E-state index contributed by atoms with van der Waals surface area (Å²) >= 11 is 0. The molecular formula is C8H18BrNO2. The molecule has 0 amide bonds. The number of methoxy groups -OCH3 is 1. The number of rotatable bonds is 3. The van der Waals surface area contributed by atoms with Crippen molar-refractivity contribution < 1.29 is 30.9 Å². The minimum atomic E-state index is 0. The third-order valence-corrected chi connectivity index (χ3v) is 2.39. The van der Waals surface area contributed by atoms with Gasteiger partial charge in [-0.25, -0.2) is 0 Å². The second-order valence-electron chi connectivity index (χ2n) is 3.40. The Morgan fingerprint density at radius 3 is 2.42 bits per heavy atom. The van der Waals surface area contributed by atoms with E-state index in [-0.39, 0.29) is 17.0 Å². The van der Waals surface area contributed by atoms with Crippen LogP contribution in [0.3, 0.4) is 0 Å². The van der Waals surface area contributed by atoms with E-state index in [0.717, 1.165) is 43.9 Å². The van der Waals surface area contributed by atoms with Crippen molar-refractivity contribution in [3.63, 3.8) is 0 Å². The van der Waals surface area contributed by atoms with Crippen LogP contribution in [0.5, 0.6) is 0 Å². The number of likely N-dealkylation sites (N-methyl/N-ethyl adjacent to an activating group) is 1. The summed E-state index contributed by atoms with van der Waals surface area (Å²) in [6.07, 6.45) is 0. The fraction of sp³-hybridized carbons (Fsp3) is 1.00. The van der Waals surface area contributed by atoms with Gasteiger partial charge in [0, 0.05) is 7.11 Å². The topological polar surface area (TPSA) is 18.5 Å². The van der Waals surface area contributed by atoms with E-state index in [2.05, 4.69) is 7.05 Å². The number of nitrogens with zero attached hydrogens (tertiary/aromatic N) is 1. The maximum Gasteiger partial charge on any atom is 0.102 e. The Hall–Kier alpha value is 0.360. The van der Waals surface area contributed by atoms with Crippen molar-refractivity contribution in [1.29, 1.82) is 0 Å². The Bertz CT molecular complexity index is 116. The van der Waals surface area contributed by atoms with Crippen LogP contribution in [0.2, 0.25) is 0 Å². The Labute approximate surface area is 85.0 Å². The SMILES string of the molecule is COCC[N+]1(C)CCOCC1.[Br-]. The summed E-state index contributed by atoms with van der Waals surface area (Å²) in [5.74, 6) is 0. The average molecular weight is 240 g/mol. The number of halogens is 1. The summed E-state index contributed by atoms with van der Waals surface area (Å²) in [6, 6.07) is 0. The molecule has 1 saturated heterocycles. The van der Waals surface area contributed by atoms with Crippen molar-refractivity contribution in [3.05, 3.63) is 0 Å². The van der Waals surface area contributed by atoms with E-state index in [1.54, 1.807) is 7.11 Å². The number of hydrogen-bond acceptors (Lipinski definition) is 2. The summed E-state index contributed by atoms with van der Waals surface area (Å²) in [5, 5.41) is 0. The molecule has 1 rings (SSSR count). The normalized spacial score (nSPS) is 21.5. The number of hydrogen-bond donors (Lipinski definition) is 0. The lowest BCUT2D eigenvalue weighted by Gasteiger charge is -2.37. The van der Waals surface area contributed by atoms with Crippen LogP contribution >= 0.6 is 0 Å². The van der Waals surface area contributed by atoms with E-state index in [1.807, 2.05) is 0 Å². The molecule has 1 aliphatic rings. The van der Waals surface area contributed by atoms with Crippen LogP contribution in [0, 0.1) is 0 Å². The lowest BCUT2D eigenvalue weighted by molar-refractivity contribution is -0.917. The van der Waals surface area contributed by atoms with Crippen molar-refractivity contribution in [2.75, 3.05) is 53.6 Å². The highest BCUT2D eigenvalue weighted by Crippen LogP contribution is 2.06. The highest BCUT2D eigenvalue weighted by molar-refractivity contribution is 4.45. The van der Waals surface area contributed by atoms with Gasteiger partial charge in [0.15, 0.2) is 0 Å². The van der Waals surface area contributed by atoms with Crippen LogP contribution in [0.15, 0.2) is 0 Å². The van der Waals surface area contributed by atoms with Gasteiger partial charge >= 0.3 is 0 Å². The van der Waals surface area contributed by atoms with E-state index in [1.165, 1.54) is 0 Å². The highest BCUT2D eigenvalue weighted by Gasteiger charge is 2.24. The van der Waals surface area contributed by atoms with Crippen molar-refractivity contribution in [2.24, 2.45) is 0 Å². The molecule has 0 bridgehead atoms. The molecule has 0 N–H and O–H groups in total. The summed E-state index contributed by atoms with van der Waals surface area (Å²) in [5.41, 5.74) is 0. The Morgan fingerprint density at radius 2 is 1.92 bits per heavy atom. The summed E-state index contributed by atoms with van der Waals surface area (Å²) in [7, 11) is 4.02. The predicted octanol–water partition coefficient (Wildman–Crippen LogP) is -2.89. The molecule has 1 fully saturated rings. The van der Waals surface area contributed by atoms with Crippen LogP contribution in [-0.2, 0) is 9.47 Å². The largest absolute Gasteiger partial charge is 1.00 e. The van der Waals surface area contributed by atoms with Gasteiger partial charge in [0.2, 0.25) is 0 Å². The van der Waals surface area contributed by atoms with Crippen LogP contribution in [-0.4, -0.2) is 58.1 Å². The second-order valence-corrected chi connectivity index (χ2v) is 3.40. The first-order valence-corrected chi connectivity index (χ1v) is 4.17. The van der Waals surface area contributed by atoms with E-state index >= 15 is 0 Å². The van der Waals surface area contributed by atoms with E-state index in [4.69, 9.17) is 9.47 Å². The highest BCUT2D eigenvalue weighted by atomic mass is 79.9. The molecule has 12 heavy (non-hydrogen) atoms. The molecule has 0 atom stereocenters.